The Labute approximate surface area is 134 Å². The van der Waals surface area contributed by atoms with Crippen LogP contribution < -0.4 is 20.1 Å². The quantitative estimate of drug-likeness (QED) is 0.607. The lowest BCUT2D eigenvalue weighted by Gasteiger charge is -2.23. The van der Waals surface area contributed by atoms with Gasteiger partial charge in [-0.15, -0.1) is 0 Å². The maximum atomic E-state index is 12.5. The Hall–Kier alpha value is -2.35. The number of ether oxygens (including phenoxy) is 2. The van der Waals surface area contributed by atoms with Crippen molar-refractivity contribution in [2.45, 2.75) is 25.8 Å². The molecule has 0 saturated carbocycles. The molecule has 1 heterocycles. The maximum Gasteiger partial charge on any atom is 0.286 e. The zero-order valence-electron chi connectivity index (χ0n) is 13.3. The van der Waals surface area contributed by atoms with Crippen LogP contribution in [0.5, 0.6) is 11.5 Å². The molecule has 1 saturated heterocycles. The van der Waals surface area contributed by atoms with Crippen molar-refractivity contribution < 1.29 is 19.2 Å². The molecule has 1 aromatic rings. The first-order valence-corrected chi connectivity index (χ1v) is 7.57. The molecule has 0 radical (unpaired) electrons. The van der Waals surface area contributed by atoms with Crippen LogP contribution in [-0.2, 0) is 0 Å². The van der Waals surface area contributed by atoms with Gasteiger partial charge in [-0.3, -0.25) is 14.9 Å². The highest BCUT2D eigenvalue weighted by Gasteiger charge is 2.26. The fraction of sp³-hybridized carbons (Fsp3) is 0.533. The number of methoxy groups -OCH3 is 1. The van der Waals surface area contributed by atoms with E-state index in [9.17, 15) is 14.9 Å². The third-order valence-electron chi connectivity index (χ3n) is 3.66. The second kappa shape index (κ2) is 7.77. The van der Waals surface area contributed by atoms with E-state index >= 15 is 0 Å². The van der Waals surface area contributed by atoms with Crippen LogP contribution in [0.15, 0.2) is 12.1 Å². The number of rotatable bonds is 6. The first kappa shape index (κ1) is 17.0. The van der Waals surface area contributed by atoms with Crippen molar-refractivity contribution >= 4 is 11.6 Å². The Morgan fingerprint density at radius 2 is 2.26 bits per heavy atom. The lowest BCUT2D eigenvalue weighted by Crippen LogP contribution is -2.45. The van der Waals surface area contributed by atoms with Crippen LogP contribution in [0, 0.1) is 10.1 Å². The van der Waals surface area contributed by atoms with Crippen LogP contribution in [0.25, 0.3) is 0 Å². The highest BCUT2D eigenvalue weighted by Crippen LogP contribution is 2.34. The van der Waals surface area contributed by atoms with Crippen molar-refractivity contribution in [2.24, 2.45) is 0 Å². The molecule has 1 amide bonds. The van der Waals surface area contributed by atoms with E-state index < -0.39 is 10.8 Å². The molecule has 8 heteroatoms. The molecular weight excluding hydrogens is 302 g/mol. The van der Waals surface area contributed by atoms with Crippen LogP contribution in [-0.4, -0.2) is 43.7 Å². The van der Waals surface area contributed by atoms with Gasteiger partial charge >= 0.3 is 0 Å². The standard InChI is InChI=1S/C15H21N3O5/c1-3-23-14-7-11(12(18(20)21)8-13(14)22-2)15(19)17-10-5-4-6-16-9-10/h7-8,10,16H,3-6,9H2,1-2H3,(H,17,19). The first-order valence-electron chi connectivity index (χ1n) is 7.57. The van der Waals surface area contributed by atoms with Gasteiger partial charge in [-0.25, -0.2) is 0 Å². The van der Waals surface area contributed by atoms with Gasteiger partial charge in [0.05, 0.1) is 24.7 Å². The van der Waals surface area contributed by atoms with E-state index in [1.807, 2.05) is 0 Å². The monoisotopic (exact) mass is 323 g/mol. The van der Waals surface area contributed by atoms with Gasteiger partial charge in [0.2, 0.25) is 0 Å². The maximum absolute atomic E-state index is 12.5. The average Bonchev–Trinajstić information content (AvgIpc) is 2.55. The van der Waals surface area contributed by atoms with E-state index in [2.05, 4.69) is 10.6 Å². The van der Waals surface area contributed by atoms with E-state index in [1.165, 1.54) is 19.2 Å². The van der Waals surface area contributed by atoms with E-state index in [0.29, 0.717) is 18.9 Å². The Bertz CT molecular complexity index is 585. The minimum Gasteiger partial charge on any atom is -0.493 e. The van der Waals surface area contributed by atoms with E-state index in [4.69, 9.17) is 9.47 Å². The third-order valence-corrected chi connectivity index (χ3v) is 3.66. The Kier molecular flexibility index (Phi) is 5.75. The van der Waals surface area contributed by atoms with Crippen LogP contribution in [0.4, 0.5) is 5.69 Å². The smallest absolute Gasteiger partial charge is 0.286 e. The summed E-state index contributed by atoms with van der Waals surface area (Å²) in [7, 11) is 1.40. The van der Waals surface area contributed by atoms with Crippen molar-refractivity contribution in [1.82, 2.24) is 10.6 Å². The number of nitro groups is 1. The lowest BCUT2D eigenvalue weighted by atomic mass is 10.1. The second-order valence-electron chi connectivity index (χ2n) is 5.23. The van der Waals surface area contributed by atoms with Crippen molar-refractivity contribution in [2.75, 3.05) is 26.8 Å². The van der Waals surface area contributed by atoms with Gasteiger partial charge in [0.25, 0.3) is 11.6 Å². The summed E-state index contributed by atoms with van der Waals surface area (Å²) in [5.74, 6) is 0.0657. The van der Waals surface area contributed by atoms with Crippen molar-refractivity contribution in [3.63, 3.8) is 0 Å². The van der Waals surface area contributed by atoms with E-state index in [0.717, 1.165) is 19.4 Å². The summed E-state index contributed by atoms with van der Waals surface area (Å²) in [6.45, 7) is 3.73. The zero-order valence-corrected chi connectivity index (χ0v) is 13.3. The molecule has 1 fully saturated rings. The molecule has 126 valence electrons. The van der Waals surface area contributed by atoms with Crippen molar-refractivity contribution in [3.8, 4) is 11.5 Å². The zero-order chi connectivity index (χ0) is 16.8. The number of amides is 1. The van der Waals surface area contributed by atoms with Crippen LogP contribution in [0.3, 0.4) is 0 Å². The van der Waals surface area contributed by atoms with Gasteiger partial charge < -0.3 is 20.1 Å². The van der Waals surface area contributed by atoms with Gasteiger partial charge in [-0.2, -0.15) is 0 Å². The van der Waals surface area contributed by atoms with Crippen LogP contribution in [0.2, 0.25) is 0 Å². The summed E-state index contributed by atoms with van der Waals surface area (Å²) in [5.41, 5.74) is -0.323. The molecule has 1 aliphatic heterocycles. The lowest BCUT2D eigenvalue weighted by molar-refractivity contribution is -0.385. The highest BCUT2D eigenvalue weighted by atomic mass is 16.6. The summed E-state index contributed by atoms with van der Waals surface area (Å²) in [4.78, 5) is 23.1. The second-order valence-corrected chi connectivity index (χ2v) is 5.23. The molecule has 1 aromatic carbocycles. The number of piperidine rings is 1. The molecule has 2 N–H and O–H groups in total. The molecule has 2 rings (SSSR count). The molecule has 8 nitrogen and oxygen atoms in total. The number of carbonyl (C=O) groups excluding carboxylic acids is 1. The fourth-order valence-corrected chi connectivity index (χ4v) is 2.55. The number of nitrogens with one attached hydrogen (secondary N) is 2. The van der Waals surface area contributed by atoms with Crippen molar-refractivity contribution in [3.05, 3.63) is 27.8 Å². The number of carbonyl (C=O) groups is 1. The first-order chi connectivity index (χ1) is 11.1. The third kappa shape index (κ3) is 4.10. The molecule has 0 spiro atoms. The predicted molar refractivity (Wildman–Crippen MR) is 84.2 cm³/mol. The molecule has 1 unspecified atom stereocenters. The summed E-state index contributed by atoms with van der Waals surface area (Å²) in [5, 5.41) is 17.3. The van der Waals surface area contributed by atoms with Crippen LogP contribution >= 0.6 is 0 Å². The molecule has 0 aliphatic carbocycles. The average molecular weight is 323 g/mol. The summed E-state index contributed by atoms with van der Waals surface area (Å²) >= 11 is 0. The number of nitro benzene ring substituents is 1. The number of nitrogens with zero attached hydrogens (tertiary/aromatic N) is 1. The van der Waals surface area contributed by atoms with Gasteiger partial charge in [-0.05, 0) is 26.3 Å². The van der Waals surface area contributed by atoms with Gasteiger partial charge in [-0.1, -0.05) is 0 Å². The molecule has 1 atom stereocenters. The number of benzene rings is 1. The molecular formula is C15H21N3O5. The van der Waals surface area contributed by atoms with Gasteiger partial charge in [0, 0.05) is 18.7 Å². The summed E-state index contributed by atoms with van der Waals surface area (Å²) in [6.07, 6.45) is 1.81. The van der Waals surface area contributed by atoms with Gasteiger partial charge in [0.15, 0.2) is 11.5 Å². The Morgan fingerprint density at radius 3 is 2.83 bits per heavy atom. The summed E-state index contributed by atoms with van der Waals surface area (Å²) < 4.78 is 10.5. The SMILES string of the molecule is CCOc1cc(C(=O)NC2CCCNC2)c([N+](=O)[O-])cc1OC. The van der Waals surface area contributed by atoms with Crippen molar-refractivity contribution in [1.29, 1.82) is 0 Å². The number of hydrogen-bond acceptors (Lipinski definition) is 6. The molecule has 23 heavy (non-hydrogen) atoms. The predicted octanol–water partition coefficient (Wildman–Crippen LogP) is 1.48. The number of hydrogen-bond donors (Lipinski definition) is 2. The van der Waals surface area contributed by atoms with E-state index in [-0.39, 0.29) is 23.0 Å². The highest BCUT2D eigenvalue weighted by molar-refractivity contribution is 5.99. The minimum absolute atomic E-state index is 0.0233. The largest absolute Gasteiger partial charge is 0.493 e. The fourth-order valence-electron chi connectivity index (χ4n) is 2.55. The Balaban J connectivity index is 2.31. The van der Waals surface area contributed by atoms with E-state index in [1.54, 1.807) is 6.92 Å². The molecule has 0 aromatic heterocycles. The normalized spacial score (nSPS) is 17.4. The minimum atomic E-state index is -0.591. The molecule has 0 bridgehead atoms. The summed E-state index contributed by atoms with van der Waals surface area (Å²) in [6, 6.07) is 2.55. The van der Waals surface area contributed by atoms with Crippen LogP contribution in [0.1, 0.15) is 30.1 Å². The molecule has 1 aliphatic rings. The Morgan fingerprint density at radius 1 is 1.48 bits per heavy atom. The topological polar surface area (TPSA) is 103 Å². The van der Waals surface area contributed by atoms with Gasteiger partial charge in [0.1, 0.15) is 5.56 Å².